The van der Waals surface area contributed by atoms with Crippen molar-refractivity contribution in [2.75, 3.05) is 6.61 Å². The molecule has 0 aliphatic carbocycles. The highest BCUT2D eigenvalue weighted by atomic mass is 16.5. The highest BCUT2D eigenvalue weighted by Crippen LogP contribution is 2.21. The van der Waals surface area contributed by atoms with E-state index in [0.29, 0.717) is 18.9 Å². The van der Waals surface area contributed by atoms with Crippen LogP contribution in [0.4, 0.5) is 0 Å². The molecule has 1 atom stereocenters. The number of hydrogen-bond acceptors (Lipinski definition) is 2. The predicted molar refractivity (Wildman–Crippen MR) is 170 cm³/mol. The second-order valence-corrected chi connectivity index (χ2v) is 12.8. The van der Waals surface area contributed by atoms with E-state index in [1.165, 1.54) is 167 Å². The van der Waals surface area contributed by atoms with Crippen molar-refractivity contribution in [1.82, 2.24) is 0 Å². The van der Waals surface area contributed by atoms with E-state index >= 15 is 0 Å². The second kappa shape index (κ2) is 31.0. The van der Waals surface area contributed by atoms with Crippen LogP contribution in [0.25, 0.3) is 0 Å². The third kappa shape index (κ3) is 30.0. The van der Waals surface area contributed by atoms with Crippen LogP contribution in [0.2, 0.25) is 0 Å². The van der Waals surface area contributed by atoms with Crippen LogP contribution < -0.4 is 0 Å². The first-order valence-corrected chi connectivity index (χ1v) is 17.8. The summed E-state index contributed by atoms with van der Waals surface area (Å²) in [6, 6.07) is 0. The summed E-state index contributed by atoms with van der Waals surface area (Å²) in [5.74, 6) is 1.49. The average Bonchev–Trinajstić information content (AvgIpc) is 2.90. The van der Waals surface area contributed by atoms with Crippen LogP contribution in [0, 0.1) is 11.8 Å². The van der Waals surface area contributed by atoms with Crippen LogP contribution >= 0.6 is 0 Å². The topological polar surface area (TPSA) is 26.3 Å². The lowest BCUT2D eigenvalue weighted by Gasteiger charge is -2.17. The molecule has 0 aliphatic heterocycles. The first-order chi connectivity index (χ1) is 18.6. The molecule has 228 valence electrons. The third-order valence-corrected chi connectivity index (χ3v) is 8.32. The van der Waals surface area contributed by atoms with Gasteiger partial charge in [-0.2, -0.15) is 0 Å². The summed E-state index contributed by atoms with van der Waals surface area (Å²) in [5.41, 5.74) is 0. The van der Waals surface area contributed by atoms with Crippen molar-refractivity contribution in [2.45, 2.75) is 207 Å². The van der Waals surface area contributed by atoms with Crippen molar-refractivity contribution >= 4 is 5.97 Å². The molecule has 0 N–H and O–H groups in total. The number of carbonyl (C=O) groups is 1. The van der Waals surface area contributed by atoms with Gasteiger partial charge in [-0.25, -0.2) is 0 Å². The SMILES string of the molecule is CCCCCCCCCCC(CCCCCCCC)COC(=O)CCCCCCCCCCCCC(C)C. The number of ether oxygens (including phenoxy) is 1. The van der Waals surface area contributed by atoms with Gasteiger partial charge in [-0.15, -0.1) is 0 Å². The molecule has 0 radical (unpaired) electrons. The highest BCUT2D eigenvalue weighted by Gasteiger charge is 2.12. The Kier molecular flexibility index (Phi) is 30.6. The Bertz CT molecular complexity index is 458. The molecule has 0 aromatic carbocycles. The standard InChI is InChI=1S/C36H72O2/c1-5-7-9-11-13-19-23-27-31-35(30-26-22-12-10-8-6-2)33-38-36(37)32-28-24-20-17-15-14-16-18-21-25-29-34(3)4/h34-35H,5-33H2,1-4H3. The van der Waals surface area contributed by atoms with Gasteiger partial charge in [0.15, 0.2) is 0 Å². The summed E-state index contributed by atoms with van der Waals surface area (Å²) >= 11 is 0. The second-order valence-electron chi connectivity index (χ2n) is 12.8. The maximum atomic E-state index is 12.4. The first kappa shape index (κ1) is 37.5. The Morgan fingerprint density at radius 1 is 0.474 bits per heavy atom. The van der Waals surface area contributed by atoms with Crippen molar-refractivity contribution in [2.24, 2.45) is 11.8 Å². The highest BCUT2D eigenvalue weighted by molar-refractivity contribution is 5.69. The number of esters is 1. The van der Waals surface area contributed by atoms with Crippen LogP contribution in [-0.2, 0) is 9.53 Å². The predicted octanol–water partition coefficient (Wildman–Crippen LogP) is 12.8. The van der Waals surface area contributed by atoms with E-state index in [0.717, 1.165) is 12.3 Å². The zero-order valence-corrected chi connectivity index (χ0v) is 27.0. The third-order valence-electron chi connectivity index (χ3n) is 8.32. The van der Waals surface area contributed by atoms with Crippen LogP contribution in [0.1, 0.15) is 207 Å². The van der Waals surface area contributed by atoms with E-state index in [1.54, 1.807) is 0 Å². The minimum atomic E-state index is 0.0512. The molecule has 38 heavy (non-hydrogen) atoms. The van der Waals surface area contributed by atoms with Crippen LogP contribution in [0.15, 0.2) is 0 Å². The molecule has 0 bridgehead atoms. The minimum Gasteiger partial charge on any atom is -0.465 e. The Morgan fingerprint density at radius 3 is 1.21 bits per heavy atom. The van der Waals surface area contributed by atoms with E-state index in [2.05, 4.69) is 27.7 Å². The van der Waals surface area contributed by atoms with Gasteiger partial charge in [0.1, 0.15) is 0 Å². The van der Waals surface area contributed by atoms with Crippen LogP contribution in [-0.4, -0.2) is 12.6 Å². The van der Waals surface area contributed by atoms with E-state index in [1.807, 2.05) is 0 Å². The van der Waals surface area contributed by atoms with Gasteiger partial charge >= 0.3 is 5.97 Å². The zero-order chi connectivity index (χ0) is 27.9. The fourth-order valence-corrected chi connectivity index (χ4v) is 5.61. The van der Waals surface area contributed by atoms with Crippen molar-refractivity contribution < 1.29 is 9.53 Å². The molecule has 0 aromatic heterocycles. The lowest BCUT2D eigenvalue weighted by Crippen LogP contribution is -2.14. The summed E-state index contributed by atoms with van der Waals surface area (Å²) in [5, 5.41) is 0. The van der Waals surface area contributed by atoms with Crippen molar-refractivity contribution in [3.05, 3.63) is 0 Å². The molecular weight excluding hydrogens is 464 g/mol. The van der Waals surface area contributed by atoms with Gasteiger partial charge in [-0.1, -0.05) is 182 Å². The van der Waals surface area contributed by atoms with Gasteiger partial charge in [0.05, 0.1) is 6.61 Å². The normalized spacial score (nSPS) is 12.3. The number of rotatable bonds is 31. The molecule has 0 aromatic rings. The lowest BCUT2D eigenvalue weighted by atomic mass is 9.94. The van der Waals surface area contributed by atoms with Gasteiger partial charge in [0, 0.05) is 6.42 Å². The molecule has 0 spiro atoms. The molecule has 0 rings (SSSR count). The molecule has 2 nitrogen and oxygen atoms in total. The average molecular weight is 537 g/mol. The molecule has 2 heteroatoms. The molecular formula is C36H72O2. The van der Waals surface area contributed by atoms with Crippen molar-refractivity contribution in [3.63, 3.8) is 0 Å². The van der Waals surface area contributed by atoms with Gasteiger partial charge < -0.3 is 4.74 Å². The summed E-state index contributed by atoms with van der Waals surface area (Å²) in [7, 11) is 0. The summed E-state index contributed by atoms with van der Waals surface area (Å²) in [6.45, 7) is 9.89. The molecule has 0 saturated carbocycles. The van der Waals surface area contributed by atoms with E-state index < -0.39 is 0 Å². The summed E-state index contributed by atoms with van der Waals surface area (Å²) in [4.78, 5) is 12.4. The Hall–Kier alpha value is -0.530. The number of hydrogen-bond donors (Lipinski definition) is 0. The van der Waals surface area contributed by atoms with Gasteiger partial charge in [-0.3, -0.25) is 4.79 Å². The Morgan fingerprint density at radius 2 is 0.816 bits per heavy atom. The summed E-state index contributed by atoms with van der Waals surface area (Å²) in [6.07, 6.45) is 36.8. The Balaban J connectivity index is 3.86. The maximum Gasteiger partial charge on any atom is 0.305 e. The molecule has 0 heterocycles. The molecule has 1 unspecified atom stereocenters. The van der Waals surface area contributed by atoms with Gasteiger partial charge in [-0.05, 0) is 31.1 Å². The molecule has 0 aliphatic rings. The molecule has 0 amide bonds. The van der Waals surface area contributed by atoms with Gasteiger partial charge in [0.25, 0.3) is 0 Å². The largest absolute Gasteiger partial charge is 0.465 e. The quantitative estimate of drug-likeness (QED) is 0.0650. The lowest BCUT2D eigenvalue weighted by molar-refractivity contribution is -0.145. The van der Waals surface area contributed by atoms with E-state index in [-0.39, 0.29) is 5.97 Å². The monoisotopic (exact) mass is 537 g/mol. The molecule has 0 fully saturated rings. The van der Waals surface area contributed by atoms with Crippen molar-refractivity contribution in [3.8, 4) is 0 Å². The number of unbranched alkanes of at least 4 members (excludes halogenated alkanes) is 21. The van der Waals surface area contributed by atoms with E-state index in [4.69, 9.17) is 4.74 Å². The van der Waals surface area contributed by atoms with Gasteiger partial charge in [0.2, 0.25) is 0 Å². The number of carbonyl (C=O) groups excluding carboxylic acids is 1. The maximum absolute atomic E-state index is 12.4. The zero-order valence-electron chi connectivity index (χ0n) is 27.0. The van der Waals surface area contributed by atoms with E-state index in [9.17, 15) is 4.79 Å². The smallest absolute Gasteiger partial charge is 0.305 e. The molecule has 0 saturated heterocycles. The fourth-order valence-electron chi connectivity index (χ4n) is 5.61. The Labute approximate surface area is 241 Å². The van der Waals surface area contributed by atoms with Crippen LogP contribution in [0.3, 0.4) is 0 Å². The van der Waals surface area contributed by atoms with Crippen LogP contribution in [0.5, 0.6) is 0 Å². The minimum absolute atomic E-state index is 0.0512. The van der Waals surface area contributed by atoms with Crippen molar-refractivity contribution in [1.29, 1.82) is 0 Å². The summed E-state index contributed by atoms with van der Waals surface area (Å²) < 4.78 is 5.79. The first-order valence-electron chi connectivity index (χ1n) is 17.8. The fraction of sp³-hybridized carbons (Fsp3) is 0.972.